The maximum Gasteiger partial charge on any atom is 0.224 e. The highest BCUT2D eigenvalue weighted by atomic mass is 16.5. The van der Waals surface area contributed by atoms with E-state index < -0.39 is 0 Å². The zero-order chi connectivity index (χ0) is 14.5. The molecule has 2 aromatic rings. The van der Waals surface area contributed by atoms with Crippen molar-refractivity contribution in [3.8, 4) is 23.1 Å². The lowest BCUT2D eigenvalue weighted by atomic mass is 10.1. The quantitative estimate of drug-likeness (QED) is 0.908. The number of hydrogen-bond acceptors (Lipinski definition) is 5. The Morgan fingerprint density at radius 1 is 1.10 bits per heavy atom. The molecule has 0 saturated heterocycles. The summed E-state index contributed by atoms with van der Waals surface area (Å²) in [5, 5.41) is 0. The van der Waals surface area contributed by atoms with Crippen LogP contribution >= 0.6 is 0 Å². The molecule has 0 unspecified atom stereocenters. The van der Waals surface area contributed by atoms with Crippen molar-refractivity contribution >= 4 is 0 Å². The first kappa shape index (κ1) is 14.1. The van der Waals surface area contributed by atoms with Gasteiger partial charge in [-0.3, -0.25) is 0 Å². The Labute approximate surface area is 118 Å². The molecule has 0 fully saturated rings. The van der Waals surface area contributed by atoms with Crippen LogP contribution in [0.5, 0.6) is 23.1 Å². The minimum Gasteiger partial charge on any atom is -0.493 e. The van der Waals surface area contributed by atoms with Crippen LogP contribution in [0.3, 0.4) is 0 Å². The van der Waals surface area contributed by atoms with Gasteiger partial charge in [0.1, 0.15) is 0 Å². The zero-order valence-corrected chi connectivity index (χ0v) is 11.8. The number of aryl methyl sites for hydroxylation is 1. The Morgan fingerprint density at radius 2 is 1.75 bits per heavy atom. The normalized spacial score (nSPS) is 10.2. The van der Waals surface area contributed by atoms with Gasteiger partial charge in [-0.25, -0.2) is 4.98 Å². The summed E-state index contributed by atoms with van der Waals surface area (Å²) in [6.07, 6.45) is 1.69. The second-order valence-corrected chi connectivity index (χ2v) is 4.21. The summed E-state index contributed by atoms with van der Waals surface area (Å²) in [4.78, 5) is 4.24. The number of nitrogens with two attached hydrogens (primary N) is 1. The van der Waals surface area contributed by atoms with Crippen molar-refractivity contribution in [1.29, 1.82) is 0 Å². The van der Waals surface area contributed by atoms with Crippen molar-refractivity contribution in [2.75, 3.05) is 14.2 Å². The van der Waals surface area contributed by atoms with Crippen LogP contribution < -0.4 is 19.9 Å². The molecule has 0 bridgehead atoms. The molecule has 1 aromatic carbocycles. The van der Waals surface area contributed by atoms with Gasteiger partial charge in [-0.1, -0.05) is 6.07 Å². The van der Waals surface area contributed by atoms with Gasteiger partial charge in [-0.2, -0.15) is 0 Å². The summed E-state index contributed by atoms with van der Waals surface area (Å²) in [7, 11) is 3.16. The third-order valence-electron chi connectivity index (χ3n) is 3.04. The second-order valence-electron chi connectivity index (χ2n) is 4.21. The summed E-state index contributed by atoms with van der Waals surface area (Å²) in [6.45, 7) is 2.32. The minimum atomic E-state index is 0.354. The summed E-state index contributed by atoms with van der Waals surface area (Å²) < 4.78 is 16.5. The van der Waals surface area contributed by atoms with E-state index in [-0.39, 0.29) is 0 Å². The number of rotatable bonds is 5. The largest absolute Gasteiger partial charge is 0.493 e. The molecule has 2 rings (SSSR count). The lowest BCUT2D eigenvalue weighted by Crippen LogP contribution is -2.04. The predicted octanol–water partition coefficient (Wildman–Crippen LogP) is 2.66. The number of hydrogen-bond donors (Lipinski definition) is 1. The van der Waals surface area contributed by atoms with Crippen LogP contribution in [0.25, 0.3) is 0 Å². The number of aromatic nitrogens is 1. The molecule has 0 aliphatic carbocycles. The molecule has 2 N–H and O–H groups in total. The van der Waals surface area contributed by atoms with Gasteiger partial charge < -0.3 is 19.9 Å². The molecule has 1 aromatic heterocycles. The smallest absolute Gasteiger partial charge is 0.224 e. The molecule has 106 valence electrons. The first-order valence-corrected chi connectivity index (χ1v) is 6.24. The van der Waals surface area contributed by atoms with E-state index in [0.29, 0.717) is 29.7 Å². The summed E-state index contributed by atoms with van der Waals surface area (Å²) >= 11 is 0. The highest BCUT2D eigenvalue weighted by Crippen LogP contribution is 2.40. The molecule has 0 aliphatic heterocycles. The van der Waals surface area contributed by atoms with E-state index in [1.807, 2.05) is 19.1 Å². The van der Waals surface area contributed by atoms with Crippen molar-refractivity contribution in [1.82, 2.24) is 4.98 Å². The molecule has 0 atom stereocenters. The average Bonchev–Trinajstić information content (AvgIpc) is 2.47. The first-order valence-electron chi connectivity index (χ1n) is 6.24. The Morgan fingerprint density at radius 3 is 2.30 bits per heavy atom. The van der Waals surface area contributed by atoms with E-state index in [4.69, 9.17) is 19.9 Å². The SMILES string of the molecule is COc1cccc(OC)c1Oc1nccc(C)c1CN. The minimum absolute atomic E-state index is 0.354. The topological polar surface area (TPSA) is 66.6 Å². The van der Waals surface area contributed by atoms with E-state index in [2.05, 4.69) is 4.98 Å². The number of nitrogens with zero attached hydrogens (tertiary/aromatic N) is 1. The molecule has 0 saturated carbocycles. The third kappa shape index (κ3) is 2.67. The Balaban J connectivity index is 2.47. The van der Waals surface area contributed by atoms with Crippen LogP contribution in [0.15, 0.2) is 30.5 Å². The first-order chi connectivity index (χ1) is 9.71. The van der Waals surface area contributed by atoms with Crippen LogP contribution in [0.2, 0.25) is 0 Å². The summed E-state index contributed by atoms with van der Waals surface area (Å²) in [5.41, 5.74) is 7.66. The van der Waals surface area contributed by atoms with Gasteiger partial charge in [0, 0.05) is 18.3 Å². The van der Waals surface area contributed by atoms with Crippen molar-refractivity contribution in [2.24, 2.45) is 5.73 Å². The number of methoxy groups -OCH3 is 2. The van der Waals surface area contributed by atoms with Gasteiger partial charge >= 0.3 is 0 Å². The van der Waals surface area contributed by atoms with Crippen molar-refractivity contribution < 1.29 is 14.2 Å². The molecule has 0 radical (unpaired) electrons. The van der Waals surface area contributed by atoms with Crippen molar-refractivity contribution in [3.05, 3.63) is 41.6 Å². The van der Waals surface area contributed by atoms with Crippen LogP contribution in [0.4, 0.5) is 0 Å². The Bertz CT molecular complexity index is 577. The lowest BCUT2D eigenvalue weighted by Gasteiger charge is -2.15. The Kier molecular flexibility index (Phi) is 4.42. The van der Waals surface area contributed by atoms with Crippen LogP contribution in [-0.4, -0.2) is 19.2 Å². The molecular formula is C15H18N2O3. The highest BCUT2D eigenvalue weighted by molar-refractivity contribution is 5.53. The zero-order valence-electron chi connectivity index (χ0n) is 11.8. The van der Waals surface area contributed by atoms with Crippen LogP contribution in [0.1, 0.15) is 11.1 Å². The Hall–Kier alpha value is -2.27. The van der Waals surface area contributed by atoms with Gasteiger partial charge in [0.05, 0.1) is 14.2 Å². The molecule has 1 heterocycles. The maximum absolute atomic E-state index is 5.88. The molecular weight excluding hydrogens is 256 g/mol. The van der Waals surface area contributed by atoms with E-state index in [1.54, 1.807) is 32.5 Å². The number of ether oxygens (including phenoxy) is 3. The van der Waals surface area contributed by atoms with Gasteiger partial charge in [0.25, 0.3) is 0 Å². The van der Waals surface area contributed by atoms with Crippen LogP contribution in [-0.2, 0) is 6.54 Å². The fourth-order valence-corrected chi connectivity index (χ4v) is 1.91. The molecule has 5 heteroatoms. The van der Waals surface area contributed by atoms with Crippen molar-refractivity contribution in [2.45, 2.75) is 13.5 Å². The van der Waals surface area contributed by atoms with E-state index in [1.165, 1.54) is 0 Å². The van der Waals surface area contributed by atoms with E-state index in [0.717, 1.165) is 11.1 Å². The van der Waals surface area contributed by atoms with Gasteiger partial charge in [-0.05, 0) is 30.7 Å². The monoisotopic (exact) mass is 274 g/mol. The fourth-order valence-electron chi connectivity index (χ4n) is 1.91. The predicted molar refractivity (Wildman–Crippen MR) is 76.5 cm³/mol. The number of benzene rings is 1. The third-order valence-corrected chi connectivity index (χ3v) is 3.04. The van der Waals surface area contributed by atoms with Gasteiger partial charge in [0.2, 0.25) is 11.6 Å². The average molecular weight is 274 g/mol. The van der Waals surface area contributed by atoms with Crippen molar-refractivity contribution in [3.63, 3.8) is 0 Å². The van der Waals surface area contributed by atoms with E-state index in [9.17, 15) is 0 Å². The standard InChI is InChI=1S/C15H18N2O3/c1-10-7-8-17-15(11(10)9-16)20-14-12(18-2)5-4-6-13(14)19-3/h4-8H,9,16H2,1-3H3. The second kappa shape index (κ2) is 6.25. The lowest BCUT2D eigenvalue weighted by molar-refractivity contribution is 0.340. The van der Waals surface area contributed by atoms with Gasteiger partial charge in [0.15, 0.2) is 11.5 Å². The molecule has 20 heavy (non-hydrogen) atoms. The molecule has 5 nitrogen and oxygen atoms in total. The number of para-hydroxylation sites is 1. The highest BCUT2D eigenvalue weighted by Gasteiger charge is 2.15. The van der Waals surface area contributed by atoms with Gasteiger partial charge in [-0.15, -0.1) is 0 Å². The maximum atomic E-state index is 5.88. The van der Waals surface area contributed by atoms with E-state index >= 15 is 0 Å². The van der Waals surface area contributed by atoms with Crippen LogP contribution in [0, 0.1) is 6.92 Å². The molecule has 0 spiro atoms. The summed E-state index contributed by atoms with van der Waals surface area (Å²) in [6, 6.07) is 7.33. The molecule has 0 amide bonds. The number of pyridine rings is 1. The fraction of sp³-hybridized carbons (Fsp3) is 0.267. The summed E-state index contributed by atoms with van der Waals surface area (Å²) in [5.74, 6) is 2.12. The molecule has 0 aliphatic rings.